The van der Waals surface area contributed by atoms with Crippen LogP contribution in [-0.4, -0.2) is 47.6 Å². The molecule has 8 nitrogen and oxygen atoms in total. The Kier molecular flexibility index (Phi) is 10.2. The summed E-state index contributed by atoms with van der Waals surface area (Å²) in [6.45, 7) is 13.2. The zero-order valence-corrected chi connectivity index (χ0v) is 25.2. The maximum Gasteiger partial charge on any atom is 0.408 e. The van der Waals surface area contributed by atoms with Crippen LogP contribution < -0.4 is 15.4 Å². The fourth-order valence-corrected chi connectivity index (χ4v) is 5.00. The molecule has 0 spiro atoms. The van der Waals surface area contributed by atoms with E-state index in [-0.39, 0.29) is 23.8 Å². The molecule has 3 amide bonds. The lowest BCUT2D eigenvalue weighted by atomic mass is 9.85. The molecule has 0 radical (unpaired) electrons. The van der Waals surface area contributed by atoms with E-state index in [1.807, 2.05) is 45.9 Å². The van der Waals surface area contributed by atoms with Gasteiger partial charge in [0.1, 0.15) is 23.4 Å². The molecule has 0 bridgehead atoms. The van der Waals surface area contributed by atoms with Crippen LogP contribution in [0.15, 0.2) is 42.5 Å². The summed E-state index contributed by atoms with van der Waals surface area (Å²) in [6, 6.07) is 11.1. The summed E-state index contributed by atoms with van der Waals surface area (Å²) in [5, 5.41) is 5.88. The van der Waals surface area contributed by atoms with Crippen molar-refractivity contribution in [2.45, 2.75) is 97.9 Å². The highest BCUT2D eigenvalue weighted by Crippen LogP contribution is 2.37. The lowest BCUT2D eigenvalue weighted by Gasteiger charge is -2.45. The molecule has 1 aliphatic carbocycles. The monoisotopic (exact) mass is 551 g/mol. The minimum Gasteiger partial charge on any atom is -0.497 e. The van der Waals surface area contributed by atoms with Crippen molar-refractivity contribution >= 4 is 23.6 Å². The topological polar surface area (TPSA) is 97.0 Å². The van der Waals surface area contributed by atoms with Crippen LogP contribution in [0.25, 0.3) is 0 Å². The van der Waals surface area contributed by atoms with Crippen molar-refractivity contribution in [2.75, 3.05) is 12.4 Å². The highest BCUT2D eigenvalue weighted by molar-refractivity contribution is 5.99. The van der Waals surface area contributed by atoms with E-state index >= 15 is 0 Å². The number of ether oxygens (including phenoxy) is 2. The summed E-state index contributed by atoms with van der Waals surface area (Å²) in [6.07, 6.45) is 2.58. The third kappa shape index (κ3) is 7.55. The Balaban J connectivity index is 2.07. The van der Waals surface area contributed by atoms with E-state index in [2.05, 4.69) is 10.6 Å². The van der Waals surface area contributed by atoms with Gasteiger partial charge in [0.15, 0.2) is 0 Å². The number of nitrogens with one attached hydrogen (secondary N) is 2. The molecule has 2 aromatic rings. The van der Waals surface area contributed by atoms with E-state index < -0.39 is 23.8 Å². The zero-order valence-electron chi connectivity index (χ0n) is 25.2. The zero-order chi connectivity index (χ0) is 29.6. The van der Waals surface area contributed by atoms with Crippen molar-refractivity contribution in [2.24, 2.45) is 5.92 Å². The minimum atomic E-state index is -0.881. The van der Waals surface area contributed by atoms with Crippen molar-refractivity contribution in [1.82, 2.24) is 10.2 Å². The van der Waals surface area contributed by atoms with Gasteiger partial charge in [-0.15, -0.1) is 0 Å². The molecule has 0 heterocycles. The fourth-order valence-electron chi connectivity index (χ4n) is 5.00. The summed E-state index contributed by atoms with van der Waals surface area (Å²) in [7, 11) is 1.59. The summed E-state index contributed by atoms with van der Waals surface area (Å²) in [5.74, 6) is -0.0727. The van der Waals surface area contributed by atoms with Gasteiger partial charge in [-0.25, -0.2) is 4.79 Å². The van der Waals surface area contributed by atoms with Crippen LogP contribution in [0.4, 0.5) is 10.5 Å². The van der Waals surface area contributed by atoms with Crippen LogP contribution in [0, 0.1) is 19.8 Å². The first kappa shape index (κ1) is 31.0. The van der Waals surface area contributed by atoms with Gasteiger partial charge in [0, 0.05) is 11.7 Å². The summed E-state index contributed by atoms with van der Waals surface area (Å²) >= 11 is 0. The van der Waals surface area contributed by atoms with Crippen molar-refractivity contribution in [3.05, 3.63) is 59.2 Å². The second kappa shape index (κ2) is 13.2. The number of carbonyl (C=O) groups is 3. The molecule has 218 valence electrons. The molecule has 0 aromatic heterocycles. The highest BCUT2D eigenvalue weighted by Gasteiger charge is 2.44. The van der Waals surface area contributed by atoms with Crippen molar-refractivity contribution in [1.29, 1.82) is 0 Å². The van der Waals surface area contributed by atoms with E-state index in [9.17, 15) is 14.4 Å². The van der Waals surface area contributed by atoms with Crippen LogP contribution in [0.3, 0.4) is 0 Å². The summed E-state index contributed by atoms with van der Waals surface area (Å²) in [4.78, 5) is 43.3. The smallest absolute Gasteiger partial charge is 0.408 e. The van der Waals surface area contributed by atoms with Gasteiger partial charge >= 0.3 is 6.09 Å². The van der Waals surface area contributed by atoms with Gasteiger partial charge in [-0.05, 0) is 101 Å². The maximum atomic E-state index is 14.5. The van der Waals surface area contributed by atoms with Crippen molar-refractivity contribution in [3.63, 3.8) is 0 Å². The number of aryl methyl sites for hydroxylation is 2. The van der Waals surface area contributed by atoms with E-state index in [1.54, 1.807) is 57.0 Å². The van der Waals surface area contributed by atoms with E-state index in [1.165, 1.54) is 0 Å². The average molecular weight is 552 g/mol. The normalized spacial score (nSPS) is 15.7. The summed E-state index contributed by atoms with van der Waals surface area (Å²) in [5.41, 5.74) is 2.54. The fraction of sp³-hybridized carbons (Fsp3) is 0.531. The van der Waals surface area contributed by atoms with Gasteiger partial charge < -0.3 is 25.0 Å². The van der Waals surface area contributed by atoms with Crippen LogP contribution in [0.1, 0.15) is 83.0 Å². The second-order valence-electron chi connectivity index (χ2n) is 11.8. The third-order valence-electron chi connectivity index (χ3n) is 7.57. The van der Waals surface area contributed by atoms with Crippen LogP contribution in [-0.2, 0) is 14.3 Å². The molecule has 0 saturated heterocycles. The Morgan fingerprint density at radius 1 is 1.02 bits per heavy atom. The number of amides is 3. The molecule has 3 atom stereocenters. The number of nitrogens with zero attached hydrogens (tertiary/aromatic N) is 1. The van der Waals surface area contributed by atoms with Gasteiger partial charge in [-0.3, -0.25) is 9.59 Å². The number of methoxy groups -OCH3 is 1. The predicted molar refractivity (Wildman–Crippen MR) is 157 cm³/mol. The minimum absolute atomic E-state index is 0.120. The molecule has 3 rings (SSSR count). The number of carbonyl (C=O) groups excluding carboxylic acids is 3. The van der Waals surface area contributed by atoms with Gasteiger partial charge in [-0.1, -0.05) is 38.5 Å². The van der Waals surface area contributed by atoms with Crippen molar-refractivity contribution < 1.29 is 23.9 Å². The molecule has 0 aliphatic heterocycles. The molecular formula is C32H45N3O5. The van der Waals surface area contributed by atoms with Crippen LogP contribution in [0.5, 0.6) is 5.75 Å². The average Bonchev–Trinajstić information content (AvgIpc) is 2.86. The number of rotatable bonds is 10. The number of alkyl carbamates (subject to hydrolysis) is 1. The molecule has 3 unspecified atom stereocenters. The lowest BCUT2D eigenvalue weighted by Crippen LogP contribution is -2.58. The molecule has 40 heavy (non-hydrogen) atoms. The van der Waals surface area contributed by atoms with E-state index in [0.29, 0.717) is 17.9 Å². The first-order chi connectivity index (χ1) is 18.9. The molecule has 2 aromatic carbocycles. The highest BCUT2D eigenvalue weighted by atomic mass is 16.6. The van der Waals surface area contributed by atoms with Gasteiger partial charge in [0.2, 0.25) is 5.91 Å². The van der Waals surface area contributed by atoms with E-state index in [4.69, 9.17) is 9.47 Å². The Bertz CT molecular complexity index is 1160. The first-order valence-electron chi connectivity index (χ1n) is 14.2. The lowest BCUT2D eigenvalue weighted by molar-refractivity contribution is -0.147. The van der Waals surface area contributed by atoms with Gasteiger partial charge in [0.25, 0.3) is 5.91 Å². The Morgan fingerprint density at radius 2 is 1.62 bits per heavy atom. The summed E-state index contributed by atoms with van der Waals surface area (Å²) < 4.78 is 10.8. The quantitative estimate of drug-likeness (QED) is 0.361. The third-order valence-corrected chi connectivity index (χ3v) is 7.57. The van der Waals surface area contributed by atoms with Crippen molar-refractivity contribution in [3.8, 4) is 5.75 Å². The van der Waals surface area contributed by atoms with Gasteiger partial charge in [-0.2, -0.15) is 0 Å². The van der Waals surface area contributed by atoms with Crippen LogP contribution >= 0.6 is 0 Å². The Labute approximate surface area is 238 Å². The molecule has 1 aliphatic rings. The SMILES string of the molecule is CCC(C)C(NC(=O)OC(C)(C)C)C(=O)N(C1CCC1)C(C(=O)Nc1ccc(OC)cc1)c1c(C)cccc1C. The number of hydrogen-bond donors (Lipinski definition) is 2. The van der Waals surface area contributed by atoms with E-state index in [0.717, 1.165) is 36.0 Å². The first-order valence-corrected chi connectivity index (χ1v) is 14.2. The second-order valence-corrected chi connectivity index (χ2v) is 11.8. The molecule has 2 N–H and O–H groups in total. The number of hydrogen-bond acceptors (Lipinski definition) is 5. The Morgan fingerprint density at radius 3 is 2.10 bits per heavy atom. The number of benzene rings is 2. The molecule has 8 heteroatoms. The largest absolute Gasteiger partial charge is 0.497 e. The molecular weight excluding hydrogens is 506 g/mol. The number of anilines is 1. The molecule has 1 saturated carbocycles. The Hall–Kier alpha value is -3.55. The van der Waals surface area contributed by atoms with Crippen LogP contribution in [0.2, 0.25) is 0 Å². The standard InChI is InChI=1S/C32H45N3O5/c1-9-20(2)27(34-31(38)40-32(5,6)7)30(37)35(24-14-11-15-24)28(26-21(3)12-10-13-22(26)4)29(36)33-23-16-18-25(39-8)19-17-23/h10,12-13,16-20,24,27-28H,9,11,14-15H2,1-8H3,(H,33,36)(H,34,38). The predicted octanol–water partition coefficient (Wildman–Crippen LogP) is 6.31. The molecule has 1 fully saturated rings. The maximum absolute atomic E-state index is 14.5. The van der Waals surface area contributed by atoms with Gasteiger partial charge in [0.05, 0.1) is 7.11 Å².